The van der Waals surface area contributed by atoms with E-state index in [1.807, 2.05) is 24.3 Å². The van der Waals surface area contributed by atoms with Gasteiger partial charge in [0.1, 0.15) is 17.3 Å². The number of carbonyl (C=O) groups excluding carboxylic acids is 2. The third-order valence-electron chi connectivity index (χ3n) is 6.25. The summed E-state index contributed by atoms with van der Waals surface area (Å²) in [5, 5.41) is 2.83. The van der Waals surface area contributed by atoms with Gasteiger partial charge in [0.05, 0.1) is 11.1 Å². The lowest BCUT2D eigenvalue weighted by atomic mass is 10.0. The highest BCUT2D eigenvalue weighted by Gasteiger charge is 2.24. The van der Waals surface area contributed by atoms with Crippen LogP contribution in [0.4, 0.5) is 10.1 Å². The number of carbonyl (C=O) groups is 2. The summed E-state index contributed by atoms with van der Waals surface area (Å²) in [7, 11) is 0. The van der Waals surface area contributed by atoms with Crippen molar-refractivity contribution in [2.75, 3.05) is 25.0 Å². The van der Waals surface area contributed by atoms with Crippen LogP contribution in [0.25, 0.3) is 23.0 Å². The molecule has 3 heterocycles. The minimum absolute atomic E-state index is 0.119. The van der Waals surface area contributed by atoms with Gasteiger partial charge in [0.15, 0.2) is 5.78 Å². The fourth-order valence-corrected chi connectivity index (χ4v) is 4.51. The summed E-state index contributed by atoms with van der Waals surface area (Å²) in [5.74, 6) is 0.0655. The third-order valence-corrected chi connectivity index (χ3v) is 6.25. The lowest BCUT2D eigenvalue weighted by Gasteiger charge is -2.13. The van der Waals surface area contributed by atoms with Gasteiger partial charge in [0.2, 0.25) is 0 Å². The molecule has 5 rings (SSSR count). The SMILES string of the molecule is O=C1Nc2ccccc2/C1=C\c1ccc(-c2ccc(C(=O)CCCN3CCCC3)c(F)c2)o1. The molecule has 1 saturated heterocycles. The molecule has 2 aliphatic heterocycles. The van der Waals surface area contributed by atoms with Crippen molar-refractivity contribution in [2.24, 2.45) is 0 Å². The number of likely N-dealkylation sites (tertiary alicyclic amines) is 1. The first-order valence-corrected chi connectivity index (χ1v) is 11.4. The van der Waals surface area contributed by atoms with Crippen LogP contribution >= 0.6 is 0 Å². The smallest absolute Gasteiger partial charge is 0.256 e. The van der Waals surface area contributed by atoms with E-state index in [9.17, 15) is 14.0 Å². The Morgan fingerprint density at radius 2 is 1.91 bits per heavy atom. The van der Waals surface area contributed by atoms with E-state index in [2.05, 4.69) is 10.2 Å². The molecule has 2 aliphatic rings. The summed E-state index contributed by atoms with van der Waals surface area (Å²) in [6.45, 7) is 3.07. The number of halogens is 1. The second-order valence-corrected chi connectivity index (χ2v) is 8.53. The molecule has 168 valence electrons. The van der Waals surface area contributed by atoms with Gasteiger partial charge in [-0.2, -0.15) is 0 Å². The predicted molar refractivity (Wildman–Crippen MR) is 126 cm³/mol. The van der Waals surface area contributed by atoms with Gasteiger partial charge in [-0.1, -0.05) is 24.3 Å². The minimum atomic E-state index is -0.543. The lowest BCUT2D eigenvalue weighted by Crippen LogP contribution is -2.21. The number of hydrogen-bond acceptors (Lipinski definition) is 4. The Hall–Kier alpha value is -3.51. The summed E-state index contributed by atoms with van der Waals surface area (Å²) in [6, 6.07) is 15.5. The van der Waals surface area contributed by atoms with Gasteiger partial charge in [-0.05, 0) is 75.3 Å². The molecule has 0 radical (unpaired) electrons. The average molecular weight is 445 g/mol. The number of furan rings is 1. The number of anilines is 1. The quantitative estimate of drug-likeness (QED) is 0.379. The number of ketones is 1. The minimum Gasteiger partial charge on any atom is -0.457 e. The molecule has 0 atom stereocenters. The molecule has 3 aromatic rings. The van der Waals surface area contributed by atoms with Crippen molar-refractivity contribution in [3.8, 4) is 11.3 Å². The molecular formula is C27H25FN2O3. The van der Waals surface area contributed by atoms with E-state index in [0.717, 1.165) is 37.3 Å². The molecule has 1 amide bonds. The zero-order chi connectivity index (χ0) is 22.8. The molecule has 0 spiro atoms. The Morgan fingerprint density at radius 1 is 1.09 bits per heavy atom. The van der Waals surface area contributed by atoms with Crippen molar-refractivity contribution in [1.82, 2.24) is 4.90 Å². The second kappa shape index (κ2) is 9.16. The highest BCUT2D eigenvalue weighted by molar-refractivity contribution is 6.34. The molecule has 1 aromatic heterocycles. The van der Waals surface area contributed by atoms with E-state index < -0.39 is 5.82 Å². The number of benzene rings is 2. The third kappa shape index (κ3) is 4.52. The maximum Gasteiger partial charge on any atom is 0.256 e. The van der Waals surface area contributed by atoms with Crippen LogP contribution in [0.15, 0.2) is 59.0 Å². The first kappa shape index (κ1) is 21.3. The van der Waals surface area contributed by atoms with Gasteiger partial charge >= 0.3 is 0 Å². The highest BCUT2D eigenvalue weighted by Crippen LogP contribution is 2.34. The van der Waals surface area contributed by atoms with Gasteiger partial charge < -0.3 is 14.6 Å². The number of rotatable bonds is 7. The Kier molecular flexibility index (Phi) is 5.92. The molecule has 1 fully saturated rings. The molecular weight excluding hydrogens is 419 g/mol. The Balaban J connectivity index is 1.28. The maximum atomic E-state index is 14.7. The molecule has 0 aliphatic carbocycles. The average Bonchev–Trinajstić information content (AvgIpc) is 3.55. The topological polar surface area (TPSA) is 62.6 Å². The van der Waals surface area contributed by atoms with Crippen molar-refractivity contribution in [3.63, 3.8) is 0 Å². The zero-order valence-corrected chi connectivity index (χ0v) is 18.3. The first-order chi connectivity index (χ1) is 16.1. The molecule has 0 unspecified atom stereocenters. The number of para-hydroxylation sites is 1. The molecule has 5 nitrogen and oxygen atoms in total. The standard InChI is InChI=1S/C27H25FN2O3/c28-23-16-18(9-11-21(23)25(31)8-5-15-30-13-3-4-14-30)26-12-10-19(33-26)17-22-20-6-1-2-7-24(20)29-27(22)32/h1-2,6-7,9-12,16-17H,3-5,8,13-15H2,(H,29,32)/b22-17+. The van der Waals surface area contributed by atoms with E-state index >= 15 is 0 Å². The summed E-state index contributed by atoms with van der Waals surface area (Å²) in [6.07, 6.45) is 5.20. The van der Waals surface area contributed by atoms with Gasteiger partial charge in [-0.3, -0.25) is 9.59 Å². The maximum absolute atomic E-state index is 14.7. The largest absolute Gasteiger partial charge is 0.457 e. The summed E-state index contributed by atoms with van der Waals surface area (Å²) >= 11 is 0. The normalized spacial score (nSPS) is 16.9. The number of nitrogens with one attached hydrogen (secondary N) is 1. The number of fused-ring (bicyclic) bond motifs is 1. The van der Waals surface area contributed by atoms with Crippen LogP contribution in [-0.2, 0) is 4.79 Å². The van der Waals surface area contributed by atoms with Crippen LogP contribution in [-0.4, -0.2) is 36.2 Å². The number of nitrogens with zero attached hydrogens (tertiary/aromatic N) is 1. The molecule has 2 aromatic carbocycles. The van der Waals surface area contributed by atoms with Crippen LogP contribution in [0.3, 0.4) is 0 Å². The number of amides is 1. The molecule has 6 heteroatoms. The fourth-order valence-electron chi connectivity index (χ4n) is 4.51. The molecule has 33 heavy (non-hydrogen) atoms. The van der Waals surface area contributed by atoms with Gasteiger partial charge in [0, 0.05) is 23.2 Å². The van der Waals surface area contributed by atoms with Crippen LogP contribution in [0, 0.1) is 5.82 Å². The van der Waals surface area contributed by atoms with Crippen LogP contribution in [0.2, 0.25) is 0 Å². The highest BCUT2D eigenvalue weighted by atomic mass is 19.1. The summed E-state index contributed by atoms with van der Waals surface area (Å²) < 4.78 is 20.6. The second-order valence-electron chi connectivity index (χ2n) is 8.53. The van der Waals surface area contributed by atoms with Crippen LogP contribution in [0.5, 0.6) is 0 Å². The predicted octanol–water partition coefficient (Wildman–Crippen LogP) is 5.64. The van der Waals surface area contributed by atoms with E-state index in [-0.39, 0.29) is 17.3 Å². The molecule has 0 bridgehead atoms. The summed E-state index contributed by atoms with van der Waals surface area (Å²) in [5.41, 5.74) is 2.77. The lowest BCUT2D eigenvalue weighted by molar-refractivity contribution is -0.110. The van der Waals surface area contributed by atoms with Gasteiger partial charge in [0.25, 0.3) is 5.91 Å². The van der Waals surface area contributed by atoms with E-state index in [1.165, 1.54) is 25.0 Å². The summed E-state index contributed by atoms with van der Waals surface area (Å²) in [4.78, 5) is 27.1. The van der Waals surface area contributed by atoms with Crippen LogP contribution < -0.4 is 5.32 Å². The van der Waals surface area contributed by atoms with Crippen LogP contribution in [0.1, 0.15) is 47.4 Å². The van der Waals surface area contributed by atoms with E-state index in [4.69, 9.17) is 4.42 Å². The Morgan fingerprint density at radius 3 is 2.73 bits per heavy atom. The number of hydrogen-bond donors (Lipinski definition) is 1. The molecule has 0 saturated carbocycles. The van der Waals surface area contributed by atoms with E-state index in [1.54, 1.807) is 24.3 Å². The van der Waals surface area contributed by atoms with Crippen molar-refractivity contribution < 1.29 is 18.4 Å². The van der Waals surface area contributed by atoms with Crippen molar-refractivity contribution in [1.29, 1.82) is 0 Å². The van der Waals surface area contributed by atoms with Gasteiger partial charge in [-0.15, -0.1) is 0 Å². The van der Waals surface area contributed by atoms with Gasteiger partial charge in [-0.25, -0.2) is 4.39 Å². The molecule has 1 N–H and O–H groups in total. The first-order valence-electron chi connectivity index (χ1n) is 11.4. The Labute approximate surface area is 191 Å². The monoisotopic (exact) mass is 444 g/mol. The van der Waals surface area contributed by atoms with Crippen molar-refractivity contribution in [2.45, 2.75) is 25.7 Å². The number of Topliss-reactive ketones (excluding diaryl/α,β-unsaturated/α-hetero) is 1. The van der Waals surface area contributed by atoms with E-state index in [0.29, 0.717) is 29.1 Å². The fraction of sp³-hybridized carbons (Fsp3) is 0.259. The van der Waals surface area contributed by atoms with Crippen molar-refractivity contribution in [3.05, 3.63) is 77.3 Å². The Bertz CT molecular complexity index is 1240. The zero-order valence-electron chi connectivity index (χ0n) is 18.3. The van der Waals surface area contributed by atoms with Crippen molar-refractivity contribution >= 4 is 29.0 Å².